The van der Waals surface area contributed by atoms with Crippen LogP contribution in [0.3, 0.4) is 0 Å². The van der Waals surface area contributed by atoms with Crippen molar-refractivity contribution in [1.29, 1.82) is 0 Å². The van der Waals surface area contributed by atoms with Gasteiger partial charge in [-0.05, 0) is 30.5 Å². The summed E-state index contributed by atoms with van der Waals surface area (Å²) < 4.78 is 26.7. The zero-order valence-electron chi connectivity index (χ0n) is 11.6. The molecule has 0 amide bonds. The summed E-state index contributed by atoms with van der Waals surface area (Å²) in [4.78, 5) is 0.401. The van der Waals surface area contributed by atoms with Crippen molar-refractivity contribution in [3.8, 4) is 0 Å². The van der Waals surface area contributed by atoms with E-state index in [2.05, 4.69) is 12.2 Å². The van der Waals surface area contributed by atoms with Gasteiger partial charge >= 0.3 is 0 Å². The van der Waals surface area contributed by atoms with Gasteiger partial charge in [0.2, 0.25) is 10.0 Å². The van der Waals surface area contributed by atoms with E-state index in [1.165, 1.54) is 5.56 Å². The van der Waals surface area contributed by atoms with E-state index in [1.807, 2.05) is 13.0 Å². The highest BCUT2D eigenvalue weighted by Gasteiger charge is 2.24. The molecule has 1 aromatic carbocycles. The van der Waals surface area contributed by atoms with E-state index in [4.69, 9.17) is 0 Å². The number of nitrogens with zero attached hydrogens (tertiary/aromatic N) is 1. The van der Waals surface area contributed by atoms with Crippen LogP contribution in [0.25, 0.3) is 0 Å². The zero-order valence-corrected chi connectivity index (χ0v) is 12.5. The summed E-state index contributed by atoms with van der Waals surface area (Å²) in [6, 6.07) is 5.43. The largest absolute Gasteiger partial charge is 0.384 e. The van der Waals surface area contributed by atoms with Gasteiger partial charge in [-0.25, -0.2) is 8.42 Å². The molecular formula is C14H22N2O2S. The van der Waals surface area contributed by atoms with Crippen LogP contribution < -0.4 is 5.32 Å². The number of anilines is 1. The van der Waals surface area contributed by atoms with Crippen LogP contribution in [0.4, 0.5) is 5.69 Å². The van der Waals surface area contributed by atoms with Gasteiger partial charge in [0, 0.05) is 25.3 Å². The fourth-order valence-electron chi connectivity index (χ4n) is 2.36. The molecule has 0 aromatic heterocycles. The van der Waals surface area contributed by atoms with Gasteiger partial charge in [0.05, 0.1) is 4.90 Å². The molecule has 4 nitrogen and oxygen atoms in total. The first kappa shape index (κ1) is 14.3. The Morgan fingerprint density at radius 2 is 2.11 bits per heavy atom. The maximum Gasteiger partial charge on any atom is 0.243 e. The van der Waals surface area contributed by atoms with Crippen LogP contribution in [0.2, 0.25) is 0 Å². The van der Waals surface area contributed by atoms with Crippen LogP contribution >= 0.6 is 0 Å². The van der Waals surface area contributed by atoms with Crippen LogP contribution in [0.1, 0.15) is 32.3 Å². The van der Waals surface area contributed by atoms with E-state index in [0.29, 0.717) is 18.0 Å². The fourth-order valence-corrected chi connectivity index (χ4v) is 3.88. The van der Waals surface area contributed by atoms with Gasteiger partial charge in [-0.15, -0.1) is 0 Å². The molecule has 1 aromatic rings. The fraction of sp³-hybridized carbons (Fsp3) is 0.571. The van der Waals surface area contributed by atoms with Crippen molar-refractivity contribution in [2.24, 2.45) is 0 Å². The first-order valence-electron chi connectivity index (χ1n) is 6.96. The van der Waals surface area contributed by atoms with Crippen LogP contribution in [0.5, 0.6) is 0 Å². The molecule has 19 heavy (non-hydrogen) atoms. The average Bonchev–Trinajstić information content (AvgIpc) is 2.86. The van der Waals surface area contributed by atoms with Crippen molar-refractivity contribution in [3.63, 3.8) is 0 Å². The summed E-state index contributed by atoms with van der Waals surface area (Å²) in [6.45, 7) is 5.97. The van der Waals surface area contributed by atoms with E-state index in [0.717, 1.165) is 31.5 Å². The summed E-state index contributed by atoms with van der Waals surface area (Å²) in [7, 11) is -3.35. The first-order chi connectivity index (χ1) is 9.09. The van der Waals surface area contributed by atoms with Gasteiger partial charge in [0.15, 0.2) is 0 Å². The quantitative estimate of drug-likeness (QED) is 0.872. The molecule has 1 N–H and O–H groups in total. The minimum atomic E-state index is -3.35. The molecule has 1 heterocycles. The lowest BCUT2D eigenvalue weighted by molar-refractivity contribution is 0.419. The number of fused-ring (bicyclic) bond motifs is 1. The van der Waals surface area contributed by atoms with E-state index in [-0.39, 0.29) is 0 Å². The molecule has 5 heteroatoms. The molecule has 106 valence electrons. The minimum Gasteiger partial charge on any atom is -0.384 e. The van der Waals surface area contributed by atoms with Crippen molar-refractivity contribution < 1.29 is 8.42 Å². The van der Waals surface area contributed by atoms with Crippen LogP contribution in [-0.4, -0.2) is 32.4 Å². The Morgan fingerprint density at radius 3 is 2.79 bits per heavy atom. The Balaban J connectivity index is 2.27. The second kappa shape index (κ2) is 5.92. The van der Waals surface area contributed by atoms with Crippen molar-refractivity contribution >= 4 is 15.7 Å². The van der Waals surface area contributed by atoms with Gasteiger partial charge in [-0.1, -0.05) is 26.3 Å². The molecule has 0 unspecified atom stereocenters. The van der Waals surface area contributed by atoms with Crippen LogP contribution in [0, 0.1) is 0 Å². The average molecular weight is 282 g/mol. The SMILES string of the molecule is CCCCN(CC)S(=O)(=O)c1ccc2c(c1)NCC2. The first-order valence-corrected chi connectivity index (χ1v) is 8.40. The van der Waals surface area contributed by atoms with Gasteiger partial charge in [0.25, 0.3) is 0 Å². The summed E-state index contributed by atoms with van der Waals surface area (Å²) in [5.74, 6) is 0. The molecule has 1 aliphatic rings. The van der Waals surface area contributed by atoms with Gasteiger partial charge < -0.3 is 5.32 Å². The molecule has 0 bridgehead atoms. The highest BCUT2D eigenvalue weighted by molar-refractivity contribution is 7.89. The molecule has 0 radical (unpaired) electrons. The maximum atomic E-state index is 12.6. The molecule has 0 saturated carbocycles. The Bertz CT molecular complexity index is 540. The lowest BCUT2D eigenvalue weighted by Crippen LogP contribution is -2.31. The third-order valence-corrected chi connectivity index (χ3v) is 5.51. The van der Waals surface area contributed by atoms with Crippen LogP contribution in [0.15, 0.2) is 23.1 Å². The summed E-state index contributed by atoms with van der Waals surface area (Å²) in [6.07, 6.45) is 2.87. The highest BCUT2D eigenvalue weighted by Crippen LogP contribution is 2.27. The number of hydrogen-bond acceptors (Lipinski definition) is 3. The Morgan fingerprint density at radius 1 is 1.32 bits per heavy atom. The topological polar surface area (TPSA) is 49.4 Å². The van der Waals surface area contributed by atoms with E-state index in [1.54, 1.807) is 16.4 Å². The Kier molecular flexibility index (Phi) is 4.47. The zero-order chi connectivity index (χ0) is 13.9. The number of benzene rings is 1. The van der Waals surface area contributed by atoms with E-state index in [9.17, 15) is 8.42 Å². The molecule has 0 atom stereocenters. The molecule has 1 aliphatic heterocycles. The standard InChI is InChI=1S/C14H22N2O2S/c1-3-5-10-16(4-2)19(17,18)13-7-6-12-8-9-15-14(12)11-13/h6-7,11,15H,3-5,8-10H2,1-2H3. The van der Waals surface area contributed by atoms with Crippen molar-refractivity contribution in [2.75, 3.05) is 25.0 Å². The number of unbranched alkanes of at least 4 members (excludes halogenated alkanes) is 1. The summed E-state index contributed by atoms with van der Waals surface area (Å²) in [5, 5.41) is 3.23. The summed E-state index contributed by atoms with van der Waals surface area (Å²) >= 11 is 0. The van der Waals surface area contributed by atoms with Crippen LogP contribution in [-0.2, 0) is 16.4 Å². The number of rotatable bonds is 6. The lowest BCUT2D eigenvalue weighted by Gasteiger charge is -2.20. The van der Waals surface area contributed by atoms with Gasteiger partial charge in [0.1, 0.15) is 0 Å². The van der Waals surface area contributed by atoms with Gasteiger partial charge in [-0.2, -0.15) is 4.31 Å². The number of sulfonamides is 1. The maximum absolute atomic E-state index is 12.6. The Labute approximate surface area is 115 Å². The molecule has 2 rings (SSSR count). The van der Waals surface area contributed by atoms with Gasteiger partial charge in [-0.3, -0.25) is 0 Å². The third-order valence-electron chi connectivity index (χ3n) is 3.54. The third kappa shape index (κ3) is 2.92. The molecule has 0 aliphatic carbocycles. The summed E-state index contributed by atoms with van der Waals surface area (Å²) in [5.41, 5.74) is 2.17. The smallest absolute Gasteiger partial charge is 0.243 e. The number of nitrogens with one attached hydrogen (secondary N) is 1. The van der Waals surface area contributed by atoms with Crippen molar-refractivity contribution in [1.82, 2.24) is 4.31 Å². The van der Waals surface area contributed by atoms with Crippen molar-refractivity contribution in [3.05, 3.63) is 23.8 Å². The van der Waals surface area contributed by atoms with E-state index < -0.39 is 10.0 Å². The lowest BCUT2D eigenvalue weighted by atomic mass is 10.2. The number of hydrogen-bond donors (Lipinski definition) is 1. The molecule has 0 fully saturated rings. The Hall–Kier alpha value is -1.07. The normalized spacial score (nSPS) is 14.5. The minimum absolute atomic E-state index is 0.401. The predicted molar refractivity (Wildman–Crippen MR) is 78.0 cm³/mol. The molecule has 0 saturated heterocycles. The van der Waals surface area contributed by atoms with Crippen molar-refractivity contribution in [2.45, 2.75) is 38.0 Å². The predicted octanol–water partition coefficient (Wildman–Crippen LogP) is 2.47. The second-order valence-electron chi connectivity index (χ2n) is 4.85. The highest BCUT2D eigenvalue weighted by atomic mass is 32.2. The monoisotopic (exact) mass is 282 g/mol. The second-order valence-corrected chi connectivity index (χ2v) is 6.78. The molecule has 0 spiro atoms. The molecular weight excluding hydrogens is 260 g/mol. The van der Waals surface area contributed by atoms with E-state index >= 15 is 0 Å².